The number of halogens is 1. The molecule has 1 atom stereocenters. The van der Waals surface area contributed by atoms with Crippen LogP contribution in [0.15, 0.2) is 12.1 Å². The van der Waals surface area contributed by atoms with E-state index in [1.165, 1.54) is 6.92 Å². The van der Waals surface area contributed by atoms with E-state index in [1.807, 2.05) is 0 Å². The number of ether oxygens (including phenoxy) is 1. The zero-order chi connectivity index (χ0) is 14.0. The molecule has 0 radical (unpaired) electrons. The molecule has 6 nitrogen and oxygen atoms in total. The Morgan fingerprint density at radius 1 is 1.58 bits per heavy atom. The first kappa shape index (κ1) is 13.4. The molecule has 1 aromatic rings. The van der Waals surface area contributed by atoms with E-state index < -0.39 is 16.6 Å². The van der Waals surface area contributed by atoms with Gasteiger partial charge >= 0.3 is 0 Å². The average molecular weight is 268 g/mol. The molecular weight excluding hydrogens is 255 g/mol. The van der Waals surface area contributed by atoms with E-state index in [0.29, 0.717) is 19.6 Å². The summed E-state index contributed by atoms with van der Waals surface area (Å²) in [4.78, 5) is 22.0. The van der Waals surface area contributed by atoms with Gasteiger partial charge in [0.15, 0.2) is 0 Å². The van der Waals surface area contributed by atoms with E-state index in [4.69, 9.17) is 4.74 Å². The summed E-state index contributed by atoms with van der Waals surface area (Å²) in [6, 6.07) is 1.79. The number of nitro benzene ring substituents is 1. The van der Waals surface area contributed by atoms with Gasteiger partial charge in [0.2, 0.25) is 0 Å². The molecule has 1 unspecified atom stereocenters. The highest BCUT2D eigenvalue weighted by atomic mass is 19.1. The molecule has 0 bridgehead atoms. The average Bonchev–Trinajstić information content (AvgIpc) is 2.81. The molecule has 1 aliphatic heterocycles. The number of carbonyl (C=O) groups is 1. The number of nitrogens with zero attached hydrogens (tertiary/aromatic N) is 1. The van der Waals surface area contributed by atoms with Gasteiger partial charge in [-0.05, 0) is 19.4 Å². The van der Waals surface area contributed by atoms with Gasteiger partial charge in [0, 0.05) is 18.2 Å². The highest BCUT2D eigenvalue weighted by Gasteiger charge is 2.23. The number of rotatable bonds is 3. The van der Waals surface area contributed by atoms with Crippen LogP contribution in [0.5, 0.6) is 0 Å². The minimum absolute atomic E-state index is 0.174. The van der Waals surface area contributed by atoms with Crippen LogP contribution in [0.25, 0.3) is 0 Å². The van der Waals surface area contributed by atoms with Crippen LogP contribution in [-0.4, -0.2) is 30.1 Å². The van der Waals surface area contributed by atoms with Crippen molar-refractivity contribution in [3.63, 3.8) is 0 Å². The normalized spacial score (nSPS) is 18.3. The number of nitro groups is 1. The Kier molecular flexibility index (Phi) is 3.75. The fourth-order valence-electron chi connectivity index (χ4n) is 1.94. The predicted octanol–water partition coefficient (Wildman–Crippen LogP) is 1.56. The number of aryl methyl sites for hydroxylation is 1. The largest absolute Gasteiger partial charge is 0.379 e. The van der Waals surface area contributed by atoms with Crippen LogP contribution in [0.4, 0.5) is 10.1 Å². The van der Waals surface area contributed by atoms with E-state index in [9.17, 15) is 19.3 Å². The zero-order valence-corrected chi connectivity index (χ0v) is 10.3. The third-order valence-electron chi connectivity index (χ3n) is 2.99. The Morgan fingerprint density at radius 2 is 2.32 bits per heavy atom. The molecule has 1 amide bonds. The molecule has 0 aliphatic carbocycles. The van der Waals surface area contributed by atoms with E-state index in [0.717, 1.165) is 12.1 Å². The predicted molar refractivity (Wildman–Crippen MR) is 64.5 cm³/mol. The standard InChI is InChI=1S/C12H13FN2O4/c1-7-4-10(13)9(5-11(7)15(17)18)12(16)14-8-2-3-19-6-8/h4-5,8H,2-3,6H2,1H3,(H,14,16). The van der Waals surface area contributed by atoms with Gasteiger partial charge in [-0.2, -0.15) is 0 Å². The maximum atomic E-state index is 13.7. The van der Waals surface area contributed by atoms with Crippen molar-refractivity contribution >= 4 is 11.6 Å². The first-order chi connectivity index (χ1) is 8.99. The molecule has 7 heteroatoms. The Hall–Kier alpha value is -2.02. The van der Waals surface area contributed by atoms with Gasteiger partial charge in [0.25, 0.3) is 11.6 Å². The van der Waals surface area contributed by atoms with E-state index in [-0.39, 0.29) is 22.9 Å². The van der Waals surface area contributed by atoms with Gasteiger partial charge in [-0.3, -0.25) is 14.9 Å². The molecule has 2 rings (SSSR count). The number of hydrogen-bond donors (Lipinski definition) is 1. The van der Waals surface area contributed by atoms with Crippen molar-refractivity contribution in [2.24, 2.45) is 0 Å². The molecule has 102 valence electrons. The fraction of sp³-hybridized carbons (Fsp3) is 0.417. The molecule has 0 saturated carbocycles. The van der Waals surface area contributed by atoms with Crippen molar-refractivity contribution in [1.29, 1.82) is 0 Å². The summed E-state index contributed by atoms with van der Waals surface area (Å²) in [7, 11) is 0. The lowest BCUT2D eigenvalue weighted by molar-refractivity contribution is -0.385. The fourth-order valence-corrected chi connectivity index (χ4v) is 1.94. The Morgan fingerprint density at radius 3 is 2.89 bits per heavy atom. The van der Waals surface area contributed by atoms with Gasteiger partial charge in [0.05, 0.1) is 23.1 Å². The van der Waals surface area contributed by atoms with Crippen molar-refractivity contribution in [3.8, 4) is 0 Å². The first-order valence-corrected chi connectivity index (χ1v) is 5.82. The molecule has 0 spiro atoms. The van der Waals surface area contributed by atoms with Crippen LogP contribution in [0, 0.1) is 22.9 Å². The zero-order valence-electron chi connectivity index (χ0n) is 10.3. The van der Waals surface area contributed by atoms with Gasteiger partial charge in [-0.1, -0.05) is 0 Å². The van der Waals surface area contributed by atoms with Crippen molar-refractivity contribution in [1.82, 2.24) is 5.32 Å². The molecule has 19 heavy (non-hydrogen) atoms. The topological polar surface area (TPSA) is 81.5 Å². The summed E-state index contributed by atoms with van der Waals surface area (Å²) >= 11 is 0. The van der Waals surface area contributed by atoms with Gasteiger partial charge in [-0.25, -0.2) is 4.39 Å². The van der Waals surface area contributed by atoms with Gasteiger partial charge in [0.1, 0.15) is 5.82 Å². The second kappa shape index (κ2) is 5.31. The number of nitrogens with one attached hydrogen (secondary N) is 1. The Bertz CT molecular complexity index is 527. The summed E-state index contributed by atoms with van der Waals surface area (Å²) < 4.78 is 18.8. The van der Waals surface area contributed by atoms with Crippen LogP contribution < -0.4 is 5.32 Å². The van der Waals surface area contributed by atoms with Crippen molar-refractivity contribution in [2.75, 3.05) is 13.2 Å². The van der Waals surface area contributed by atoms with Crippen LogP contribution in [0.2, 0.25) is 0 Å². The Labute approximate surface area is 108 Å². The summed E-state index contributed by atoms with van der Waals surface area (Å²) in [6.07, 6.45) is 0.654. The van der Waals surface area contributed by atoms with Crippen molar-refractivity contribution in [3.05, 3.63) is 39.2 Å². The lowest BCUT2D eigenvalue weighted by Crippen LogP contribution is -2.35. The third kappa shape index (κ3) is 2.87. The summed E-state index contributed by atoms with van der Waals surface area (Å²) in [5.74, 6) is -1.42. The maximum absolute atomic E-state index is 13.7. The summed E-state index contributed by atoms with van der Waals surface area (Å²) in [5, 5.41) is 13.4. The lowest BCUT2D eigenvalue weighted by atomic mass is 10.1. The maximum Gasteiger partial charge on any atom is 0.273 e. The number of benzene rings is 1. The van der Waals surface area contributed by atoms with E-state index >= 15 is 0 Å². The van der Waals surface area contributed by atoms with Crippen molar-refractivity contribution in [2.45, 2.75) is 19.4 Å². The van der Waals surface area contributed by atoms with E-state index in [2.05, 4.69) is 5.32 Å². The number of carbonyl (C=O) groups excluding carboxylic acids is 1. The summed E-state index contributed by atoms with van der Waals surface area (Å²) in [6.45, 7) is 2.34. The van der Waals surface area contributed by atoms with Crippen molar-refractivity contribution < 1.29 is 18.8 Å². The Balaban J connectivity index is 2.25. The van der Waals surface area contributed by atoms with Gasteiger partial charge in [-0.15, -0.1) is 0 Å². The van der Waals surface area contributed by atoms with Crippen LogP contribution >= 0.6 is 0 Å². The SMILES string of the molecule is Cc1cc(F)c(C(=O)NC2CCOC2)cc1[N+](=O)[O-]. The summed E-state index contributed by atoms with van der Waals surface area (Å²) in [5.41, 5.74) is -0.401. The molecular formula is C12H13FN2O4. The minimum atomic E-state index is -0.764. The molecule has 1 aromatic carbocycles. The van der Waals surface area contributed by atoms with E-state index in [1.54, 1.807) is 0 Å². The molecule has 1 heterocycles. The second-order valence-corrected chi connectivity index (χ2v) is 4.41. The van der Waals surface area contributed by atoms with Crippen LogP contribution in [0.3, 0.4) is 0 Å². The highest BCUT2D eigenvalue weighted by molar-refractivity contribution is 5.95. The smallest absolute Gasteiger partial charge is 0.273 e. The third-order valence-corrected chi connectivity index (χ3v) is 2.99. The van der Waals surface area contributed by atoms with Crippen LogP contribution in [0.1, 0.15) is 22.3 Å². The molecule has 1 fully saturated rings. The second-order valence-electron chi connectivity index (χ2n) is 4.41. The molecule has 0 aromatic heterocycles. The molecule has 1 saturated heterocycles. The number of hydrogen-bond acceptors (Lipinski definition) is 4. The quantitative estimate of drug-likeness (QED) is 0.666. The minimum Gasteiger partial charge on any atom is -0.379 e. The number of amides is 1. The lowest BCUT2D eigenvalue weighted by Gasteiger charge is -2.11. The first-order valence-electron chi connectivity index (χ1n) is 5.82. The van der Waals surface area contributed by atoms with Crippen LogP contribution in [-0.2, 0) is 4.74 Å². The monoisotopic (exact) mass is 268 g/mol. The highest BCUT2D eigenvalue weighted by Crippen LogP contribution is 2.22. The molecule has 1 aliphatic rings. The van der Waals surface area contributed by atoms with Gasteiger partial charge < -0.3 is 10.1 Å². The molecule has 1 N–H and O–H groups in total.